The molecule has 0 atom stereocenters. The van der Waals surface area contributed by atoms with Crippen LogP contribution in [0.25, 0.3) is 5.57 Å². The average molecular weight is 241 g/mol. The van der Waals surface area contributed by atoms with Crippen LogP contribution in [0.2, 0.25) is 0 Å². The van der Waals surface area contributed by atoms with Gasteiger partial charge in [-0.3, -0.25) is 0 Å². The minimum Gasteiger partial charge on any atom is -0.364 e. The van der Waals surface area contributed by atoms with E-state index in [4.69, 9.17) is 0 Å². The molecule has 0 aromatic heterocycles. The van der Waals surface area contributed by atoms with E-state index in [1.54, 1.807) is 0 Å². The zero-order chi connectivity index (χ0) is 13.5. The van der Waals surface area contributed by atoms with Gasteiger partial charge in [0.1, 0.15) is 5.82 Å². The van der Waals surface area contributed by atoms with E-state index in [1.165, 1.54) is 0 Å². The molecule has 3 nitrogen and oxygen atoms in total. The van der Waals surface area contributed by atoms with Crippen LogP contribution < -0.4 is 0 Å². The van der Waals surface area contributed by atoms with Gasteiger partial charge >= 0.3 is 0 Å². The quantitative estimate of drug-likeness (QED) is 0.599. The molecule has 3 heteroatoms. The summed E-state index contributed by atoms with van der Waals surface area (Å²) in [6.07, 6.45) is 3.80. The summed E-state index contributed by atoms with van der Waals surface area (Å²) in [7, 11) is 7.92. The number of allylic oxidation sites excluding steroid dienone is 3. The summed E-state index contributed by atoms with van der Waals surface area (Å²) >= 11 is 0. The molecule has 18 heavy (non-hydrogen) atoms. The van der Waals surface area contributed by atoms with Crippen LogP contribution in [0.3, 0.4) is 0 Å². The Balaban J connectivity index is 3.07. The lowest BCUT2D eigenvalue weighted by Gasteiger charge is -2.24. The predicted octanol–water partition coefficient (Wildman–Crippen LogP) is 2.56. The second-order valence-electron chi connectivity index (χ2n) is 4.37. The van der Waals surface area contributed by atoms with Crippen LogP contribution >= 0.6 is 0 Å². The molecule has 0 spiro atoms. The summed E-state index contributed by atoms with van der Waals surface area (Å²) in [5.74, 6) is 1.04. The molecule has 1 aromatic carbocycles. The number of nitriles is 1. The van der Waals surface area contributed by atoms with Crippen molar-refractivity contribution in [3.05, 3.63) is 53.9 Å². The van der Waals surface area contributed by atoms with Crippen molar-refractivity contribution < 1.29 is 0 Å². The minimum absolute atomic E-state index is 0.664. The molecule has 0 bridgehead atoms. The summed E-state index contributed by atoms with van der Waals surface area (Å²) < 4.78 is 0. The van der Waals surface area contributed by atoms with E-state index in [0.717, 1.165) is 11.4 Å². The molecular weight excluding hydrogens is 222 g/mol. The monoisotopic (exact) mass is 241 g/mol. The normalized spacial score (nSPS) is 10.5. The molecule has 0 fully saturated rings. The standard InChI is InChI=1S/C15H19N3/c1-17(2)15(18(3)4)11-10-14(12-16)13-8-6-5-7-9-13/h5-11H,1-4H3/b14-10-. The Morgan fingerprint density at radius 3 is 2.00 bits per heavy atom. The van der Waals surface area contributed by atoms with Crippen molar-refractivity contribution in [1.29, 1.82) is 5.26 Å². The van der Waals surface area contributed by atoms with Crippen molar-refractivity contribution in [3.8, 4) is 6.07 Å². The van der Waals surface area contributed by atoms with Gasteiger partial charge in [0.05, 0.1) is 11.6 Å². The van der Waals surface area contributed by atoms with Gasteiger partial charge in [0.15, 0.2) is 0 Å². The summed E-state index contributed by atoms with van der Waals surface area (Å²) in [5.41, 5.74) is 1.60. The van der Waals surface area contributed by atoms with Gasteiger partial charge in [-0.1, -0.05) is 30.3 Å². The topological polar surface area (TPSA) is 30.3 Å². The van der Waals surface area contributed by atoms with Crippen LogP contribution in [-0.2, 0) is 0 Å². The first-order valence-corrected chi connectivity index (χ1v) is 5.78. The molecule has 0 aliphatic carbocycles. The van der Waals surface area contributed by atoms with E-state index in [1.807, 2.05) is 80.5 Å². The number of hydrogen-bond acceptors (Lipinski definition) is 3. The Morgan fingerprint density at radius 2 is 1.56 bits per heavy atom. The SMILES string of the molecule is CN(C)C(=C/C=C(/C#N)c1ccccc1)N(C)C. The first-order valence-electron chi connectivity index (χ1n) is 5.78. The van der Waals surface area contributed by atoms with Gasteiger partial charge < -0.3 is 9.80 Å². The number of nitrogens with zero attached hydrogens (tertiary/aromatic N) is 3. The van der Waals surface area contributed by atoms with Crippen LogP contribution in [0.5, 0.6) is 0 Å². The first kappa shape index (κ1) is 13.9. The maximum atomic E-state index is 9.19. The molecule has 0 radical (unpaired) electrons. The summed E-state index contributed by atoms with van der Waals surface area (Å²) in [4.78, 5) is 4.02. The highest BCUT2D eigenvalue weighted by Gasteiger charge is 2.02. The molecule has 0 unspecified atom stereocenters. The second kappa shape index (κ2) is 6.51. The van der Waals surface area contributed by atoms with Gasteiger partial charge in [-0.25, -0.2) is 0 Å². The molecule has 0 N–H and O–H groups in total. The minimum atomic E-state index is 0.664. The largest absolute Gasteiger partial charge is 0.364 e. The number of benzene rings is 1. The maximum absolute atomic E-state index is 9.19. The van der Waals surface area contributed by atoms with Gasteiger partial charge in [-0.05, 0) is 17.7 Å². The zero-order valence-electron chi connectivity index (χ0n) is 11.4. The van der Waals surface area contributed by atoms with Gasteiger partial charge in [0, 0.05) is 28.2 Å². The molecule has 0 aliphatic rings. The third-order valence-corrected chi connectivity index (χ3v) is 2.52. The Kier molecular flexibility index (Phi) is 5.01. The first-order chi connectivity index (χ1) is 8.56. The van der Waals surface area contributed by atoms with Crippen molar-refractivity contribution in [1.82, 2.24) is 9.80 Å². The molecular formula is C15H19N3. The van der Waals surface area contributed by atoms with Crippen molar-refractivity contribution in [3.63, 3.8) is 0 Å². The fourth-order valence-electron chi connectivity index (χ4n) is 1.67. The van der Waals surface area contributed by atoms with E-state index in [9.17, 15) is 5.26 Å². The predicted molar refractivity (Wildman–Crippen MR) is 75.5 cm³/mol. The molecule has 0 amide bonds. The summed E-state index contributed by atoms with van der Waals surface area (Å²) in [6.45, 7) is 0. The molecule has 1 rings (SSSR count). The van der Waals surface area contributed by atoms with E-state index in [2.05, 4.69) is 6.07 Å². The van der Waals surface area contributed by atoms with Crippen LogP contribution in [-0.4, -0.2) is 38.0 Å². The van der Waals surface area contributed by atoms with E-state index < -0.39 is 0 Å². The van der Waals surface area contributed by atoms with Gasteiger partial charge in [0.25, 0.3) is 0 Å². The van der Waals surface area contributed by atoms with E-state index >= 15 is 0 Å². The average Bonchev–Trinajstić information content (AvgIpc) is 2.34. The molecule has 1 aromatic rings. The van der Waals surface area contributed by atoms with Gasteiger partial charge in [-0.15, -0.1) is 0 Å². The van der Waals surface area contributed by atoms with E-state index in [0.29, 0.717) is 5.57 Å². The lowest BCUT2D eigenvalue weighted by molar-refractivity contribution is 0.343. The van der Waals surface area contributed by atoms with Crippen LogP contribution in [0.15, 0.2) is 48.3 Å². The summed E-state index contributed by atoms with van der Waals surface area (Å²) in [6, 6.07) is 11.9. The maximum Gasteiger partial charge on any atom is 0.103 e. The van der Waals surface area contributed by atoms with Crippen LogP contribution in [0.1, 0.15) is 5.56 Å². The molecule has 0 saturated heterocycles. The summed E-state index contributed by atoms with van der Waals surface area (Å²) in [5, 5.41) is 9.19. The number of rotatable bonds is 4. The van der Waals surface area contributed by atoms with Crippen molar-refractivity contribution in [2.75, 3.05) is 28.2 Å². The third kappa shape index (κ3) is 3.67. The highest BCUT2D eigenvalue weighted by Crippen LogP contribution is 2.14. The second-order valence-corrected chi connectivity index (χ2v) is 4.37. The lowest BCUT2D eigenvalue weighted by atomic mass is 10.1. The molecule has 94 valence electrons. The highest BCUT2D eigenvalue weighted by molar-refractivity contribution is 5.77. The Bertz CT molecular complexity index is 466. The zero-order valence-corrected chi connectivity index (χ0v) is 11.4. The fourth-order valence-corrected chi connectivity index (χ4v) is 1.67. The molecule has 0 aliphatic heterocycles. The smallest absolute Gasteiger partial charge is 0.103 e. The molecule has 0 heterocycles. The fraction of sp³-hybridized carbons (Fsp3) is 0.267. The van der Waals surface area contributed by atoms with Crippen molar-refractivity contribution in [2.45, 2.75) is 0 Å². The van der Waals surface area contributed by atoms with Gasteiger partial charge in [-0.2, -0.15) is 5.26 Å². The van der Waals surface area contributed by atoms with Crippen molar-refractivity contribution >= 4 is 5.57 Å². The third-order valence-electron chi connectivity index (χ3n) is 2.52. The Morgan fingerprint density at radius 1 is 1.00 bits per heavy atom. The highest BCUT2D eigenvalue weighted by atomic mass is 15.3. The Hall–Kier alpha value is -2.21. The molecule has 0 saturated carbocycles. The van der Waals surface area contributed by atoms with Crippen LogP contribution in [0, 0.1) is 11.3 Å². The van der Waals surface area contributed by atoms with Crippen molar-refractivity contribution in [2.24, 2.45) is 0 Å². The number of hydrogen-bond donors (Lipinski definition) is 0. The van der Waals surface area contributed by atoms with Crippen LogP contribution in [0.4, 0.5) is 0 Å². The Labute approximate surface area is 109 Å². The lowest BCUT2D eigenvalue weighted by Crippen LogP contribution is -2.24. The van der Waals surface area contributed by atoms with E-state index in [-0.39, 0.29) is 0 Å². The van der Waals surface area contributed by atoms with Gasteiger partial charge in [0.2, 0.25) is 0 Å².